The van der Waals surface area contributed by atoms with E-state index in [1.54, 1.807) is 12.3 Å². The number of carbonyl (C=O) groups excluding carboxylic acids is 2. The van der Waals surface area contributed by atoms with Gasteiger partial charge in [-0.2, -0.15) is 0 Å². The molecule has 0 bridgehead atoms. The minimum Gasteiger partial charge on any atom is -0.311 e. The molecule has 0 unspecified atom stereocenters. The second-order valence-corrected chi connectivity index (χ2v) is 4.71. The third-order valence-electron chi connectivity index (χ3n) is 2.33. The summed E-state index contributed by atoms with van der Waals surface area (Å²) in [7, 11) is 0. The summed E-state index contributed by atoms with van der Waals surface area (Å²) in [5.74, 6) is -0.651. The van der Waals surface area contributed by atoms with E-state index < -0.39 is 5.78 Å². The normalized spacial score (nSPS) is 10.4. The number of hydrogen-bond donors (Lipinski definition) is 0. The molecule has 0 aliphatic carbocycles. The van der Waals surface area contributed by atoms with Gasteiger partial charge in [-0.3, -0.25) is 9.59 Å². The van der Waals surface area contributed by atoms with Crippen molar-refractivity contribution >= 4 is 46.9 Å². The number of aldehydes is 1. The van der Waals surface area contributed by atoms with Crippen molar-refractivity contribution in [2.45, 2.75) is 0 Å². The molecule has 0 aliphatic rings. The zero-order chi connectivity index (χ0) is 13.3. The maximum absolute atomic E-state index is 11.5. The SMILES string of the molecule is O=CC(=O)c1cccn1-c1c(Cl)cc(Cl)cc1Cl. The maximum Gasteiger partial charge on any atom is 0.242 e. The average Bonchev–Trinajstić information content (AvgIpc) is 2.75. The van der Waals surface area contributed by atoms with Gasteiger partial charge in [0.15, 0.2) is 6.29 Å². The topological polar surface area (TPSA) is 39.1 Å². The quantitative estimate of drug-likeness (QED) is 0.491. The lowest BCUT2D eigenvalue weighted by Crippen LogP contribution is -2.08. The highest BCUT2D eigenvalue weighted by Crippen LogP contribution is 2.33. The number of nitrogens with zero attached hydrogens (tertiary/aromatic N) is 1. The van der Waals surface area contributed by atoms with Crippen LogP contribution in [0.4, 0.5) is 0 Å². The number of carbonyl (C=O) groups is 2. The van der Waals surface area contributed by atoms with Crippen molar-refractivity contribution in [3.05, 3.63) is 51.2 Å². The molecule has 0 radical (unpaired) electrons. The fourth-order valence-corrected chi connectivity index (χ4v) is 2.60. The predicted octanol–water partition coefficient (Wildman–Crippen LogP) is 3.82. The first-order chi connectivity index (χ1) is 8.54. The van der Waals surface area contributed by atoms with Gasteiger partial charge < -0.3 is 4.57 Å². The van der Waals surface area contributed by atoms with Crippen LogP contribution in [0.3, 0.4) is 0 Å². The lowest BCUT2D eigenvalue weighted by molar-refractivity contribution is -0.104. The summed E-state index contributed by atoms with van der Waals surface area (Å²) in [6.45, 7) is 0. The Morgan fingerprint density at radius 2 is 1.78 bits per heavy atom. The van der Waals surface area contributed by atoms with Crippen LogP contribution >= 0.6 is 34.8 Å². The van der Waals surface area contributed by atoms with E-state index in [4.69, 9.17) is 34.8 Å². The fraction of sp³-hybridized carbons (Fsp3) is 0. The summed E-state index contributed by atoms with van der Waals surface area (Å²) >= 11 is 17.9. The Bertz CT molecular complexity index is 611. The van der Waals surface area contributed by atoms with Gasteiger partial charge in [0, 0.05) is 11.2 Å². The van der Waals surface area contributed by atoms with Gasteiger partial charge in [0.1, 0.15) is 0 Å². The van der Waals surface area contributed by atoms with Crippen molar-refractivity contribution in [2.24, 2.45) is 0 Å². The summed E-state index contributed by atoms with van der Waals surface area (Å²) in [4.78, 5) is 22.0. The van der Waals surface area contributed by atoms with Crippen LogP contribution in [-0.4, -0.2) is 16.6 Å². The van der Waals surface area contributed by atoms with Gasteiger partial charge in [-0.1, -0.05) is 34.8 Å². The van der Waals surface area contributed by atoms with E-state index in [1.807, 2.05) is 0 Å². The molecule has 0 amide bonds. The smallest absolute Gasteiger partial charge is 0.242 e. The molecule has 0 saturated carbocycles. The summed E-state index contributed by atoms with van der Waals surface area (Å²) < 4.78 is 1.46. The lowest BCUT2D eigenvalue weighted by Gasteiger charge is -2.11. The van der Waals surface area contributed by atoms with Crippen LogP contribution in [0.5, 0.6) is 0 Å². The lowest BCUT2D eigenvalue weighted by atomic mass is 10.2. The Kier molecular flexibility index (Phi) is 3.76. The van der Waals surface area contributed by atoms with Crippen LogP contribution in [-0.2, 0) is 4.79 Å². The number of aromatic nitrogens is 1. The Morgan fingerprint density at radius 3 is 2.33 bits per heavy atom. The van der Waals surface area contributed by atoms with E-state index in [9.17, 15) is 9.59 Å². The maximum atomic E-state index is 11.5. The summed E-state index contributed by atoms with van der Waals surface area (Å²) in [5.41, 5.74) is 0.606. The minimum absolute atomic E-state index is 0.191. The van der Waals surface area contributed by atoms with Crippen LogP contribution in [0.15, 0.2) is 30.5 Å². The van der Waals surface area contributed by atoms with Gasteiger partial charge in [-0.05, 0) is 24.3 Å². The first-order valence-corrected chi connectivity index (χ1v) is 5.99. The largest absolute Gasteiger partial charge is 0.311 e. The highest BCUT2D eigenvalue weighted by atomic mass is 35.5. The average molecular weight is 303 g/mol. The number of benzene rings is 1. The fourth-order valence-electron chi connectivity index (χ4n) is 1.60. The molecule has 1 heterocycles. The predicted molar refractivity (Wildman–Crippen MR) is 71.2 cm³/mol. The monoisotopic (exact) mass is 301 g/mol. The van der Waals surface area contributed by atoms with Crippen molar-refractivity contribution in [3.8, 4) is 5.69 Å². The van der Waals surface area contributed by atoms with E-state index in [2.05, 4.69) is 0 Å². The van der Waals surface area contributed by atoms with E-state index in [1.165, 1.54) is 22.8 Å². The molecule has 2 aromatic rings. The number of hydrogen-bond acceptors (Lipinski definition) is 2. The number of rotatable bonds is 3. The van der Waals surface area contributed by atoms with E-state index in [0.717, 1.165) is 0 Å². The van der Waals surface area contributed by atoms with Crippen LogP contribution in [0.25, 0.3) is 5.69 Å². The van der Waals surface area contributed by atoms with Gasteiger partial charge in [0.2, 0.25) is 5.78 Å². The molecule has 1 aromatic carbocycles. The molecule has 3 nitrogen and oxygen atoms in total. The van der Waals surface area contributed by atoms with Crippen molar-refractivity contribution in [1.82, 2.24) is 4.57 Å². The summed E-state index contributed by atoms with van der Waals surface area (Å²) in [5, 5.41) is 0.983. The third-order valence-corrected chi connectivity index (χ3v) is 3.13. The van der Waals surface area contributed by atoms with E-state index in [0.29, 0.717) is 20.8 Å². The molecule has 0 fully saturated rings. The number of halogens is 3. The molecule has 0 N–H and O–H groups in total. The Labute approximate surface area is 118 Å². The molecule has 0 saturated heterocycles. The third kappa shape index (κ3) is 2.29. The molecular weight excluding hydrogens is 296 g/mol. The van der Waals surface area contributed by atoms with Crippen molar-refractivity contribution in [1.29, 1.82) is 0 Å². The van der Waals surface area contributed by atoms with Crippen LogP contribution in [0.1, 0.15) is 10.5 Å². The van der Waals surface area contributed by atoms with Crippen molar-refractivity contribution < 1.29 is 9.59 Å². The van der Waals surface area contributed by atoms with Gasteiger partial charge in [-0.15, -0.1) is 0 Å². The number of ketones is 1. The Balaban J connectivity index is 2.67. The molecule has 6 heteroatoms. The van der Waals surface area contributed by atoms with Crippen molar-refractivity contribution in [3.63, 3.8) is 0 Å². The first kappa shape index (κ1) is 13.1. The van der Waals surface area contributed by atoms with Gasteiger partial charge in [-0.25, -0.2) is 0 Å². The highest BCUT2D eigenvalue weighted by molar-refractivity contribution is 6.41. The van der Waals surface area contributed by atoms with Crippen molar-refractivity contribution in [2.75, 3.05) is 0 Å². The summed E-state index contributed by atoms with van der Waals surface area (Å²) in [6, 6.07) is 6.16. The number of Topliss-reactive ketones (excluding diaryl/α,β-unsaturated/α-hetero) is 1. The second-order valence-electron chi connectivity index (χ2n) is 3.46. The zero-order valence-corrected chi connectivity index (χ0v) is 11.1. The molecule has 0 aliphatic heterocycles. The standard InChI is InChI=1S/C12H6Cl3NO2/c13-7-4-8(14)12(9(15)5-7)16-3-1-2-10(16)11(18)6-17/h1-6H. The van der Waals surface area contributed by atoms with Crippen LogP contribution in [0.2, 0.25) is 15.1 Å². The highest BCUT2D eigenvalue weighted by Gasteiger charge is 2.16. The van der Waals surface area contributed by atoms with Gasteiger partial charge in [0.05, 0.1) is 21.4 Å². The molecule has 92 valence electrons. The molecule has 18 heavy (non-hydrogen) atoms. The molecule has 1 aromatic heterocycles. The summed E-state index contributed by atoms with van der Waals surface area (Å²) in [6.07, 6.45) is 1.83. The molecule has 0 spiro atoms. The van der Waals surface area contributed by atoms with Gasteiger partial charge in [0.25, 0.3) is 0 Å². The second kappa shape index (κ2) is 5.14. The first-order valence-electron chi connectivity index (χ1n) is 4.86. The van der Waals surface area contributed by atoms with Crippen LogP contribution in [0, 0.1) is 0 Å². The minimum atomic E-state index is -0.651. The zero-order valence-electron chi connectivity index (χ0n) is 8.86. The van der Waals surface area contributed by atoms with E-state index >= 15 is 0 Å². The van der Waals surface area contributed by atoms with Gasteiger partial charge >= 0.3 is 0 Å². The molecule has 0 atom stereocenters. The van der Waals surface area contributed by atoms with Crippen LogP contribution < -0.4 is 0 Å². The Morgan fingerprint density at radius 1 is 1.17 bits per heavy atom. The van der Waals surface area contributed by atoms with E-state index in [-0.39, 0.29) is 12.0 Å². The Hall–Kier alpha value is -1.29. The molecular formula is C12H6Cl3NO2. The molecule has 2 rings (SSSR count).